The molecule has 0 aliphatic rings. The number of hydrogen-bond acceptors (Lipinski definition) is 4. The van der Waals surface area contributed by atoms with Gasteiger partial charge in [-0.1, -0.05) is 24.3 Å². The van der Waals surface area contributed by atoms with Crippen molar-refractivity contribution in [1.82, 2.24) is 0 Å². The number of para-hydroxylation sites is 2. The van der Waals surface area contributed by atoms with Gasteiger partial charge in [0.25, 0.3) is 0 Å². The molecule has 2 aromatic carbocycles. The second kappa shape index (κ2) is 4.93. The van der Waals surface area contributed by atoms with Gasteiger partial charge in [0.05, 0.1) is 10.6 Å². The SMILES string of the molecule is Cc1ccccc1Oc1cccc(S(C)(=O)=O)c1N. The largest absolute Gasteiger partial charge is 0.455 e. The molecule has 0 bridgehead atoms. The van der Waals surface area contributed by atoms with Gasteiger partial charge in [0.15, 0.2) is 15.6 Å². The zero-order valence-electron chi connectivity index (χ0n) is 10.8. The zero-order valence-corrected chi connectivity index (χ0v) is 11.6. The predicted molar refractivity (Wildman–Crippen MR) is 75.2 cm³/mol. The van der Waals surface area contributed by atoms with E-state index in [9.17, 15) is 8.42 Å². The monoisotopic (exact) mass is 277 g/mol. The van der Waals surface area contributed by atoms with Crippen molar-refractivity contribution in [2.75, 3.05) is 12.0 Å². The van der Waals surface area contributed by atoms with Gasteiger partial charge in [-0.05, 0) is 30.7 Å². The molecule has 0 aliphatic carbocycles. The van der Waals surface area contributed by atoms with Crippen LogP contribution in [0.5, 0.6) is 11.5 Å². The Morgan fingerprint density at radius 2 is 1.63 bits per heavy atom. The zero-order chi connectivity index (χ0) is 14.0. The lowest BCUT2D eigenvalue weighted by molar-refractivity contribution is 0.480. The van der Waals surface area contributed by atoms with Gasteiger partial charge < -0.3 is 10.5 Å². The Morgan fingerprint density at radius 3 is 2.26 bits per heavy atom. The Morgan fingerprint density at radius 1 is 1.00 bits per heavy atom. The topological polar surface area (TPSA) is 69.4 Å². The molecule has 4 nitrogen and oxygen atoms in total. The van der Waals surface area contributed by atoms with Crippen molar-refractivity contribution in [2.24, 2.45) is 0 Å². The molecule has 0 fully saturated rings. The minimum absolute atomic E-state index is 0.0820. The average Bonchev–Trinajstić information content (AvgIpc) is 2.33. The van der Waals surface area contributed by atoms with E-state index in [0.717, 1.165) is 11.8 Å². The summed E-state index contributed by atoms with van der Waals surface area (Å²) < 4.78 is 28.9. The highest BCUT2D eigenvalue weighted by molar-refractivity contribution is 7.90. The molecule has 5 heteroatoms. The smallest absolute Gasteiger partial charge is 0.177 e. The summed E-state index contributed by atoms with van der Waals surface area (Å²) in [6.45, 7) is 1.91. The number of benzene rings is 2. The lowest BCUT2D eigenvalue weighted by Crippen LogP contribution is -2.04. The van der Waals surface area contributed by atoms with Crippen molar-refractivity contribution in [3.8, 4) is 11.5 Å². The highest BCUT2D eigenvalue weighted by Crippen LogP contribution is 2.33. The molecular formula is C14H15NO3S. The standard InChI is InChI=1S/C14H15NO3S/c1-10-6-3-4-7-11(10)18-12-8-5-9-13(14(12)15)19(2,16)17/h3-9H,15H2,1-2H3. The van der Waals surface area contributed by atoms with Crippen LogP contribution in [0.25, 0.3) is 0 Å². The van der Waals surface area contributed by atoms with Crippen molar-refractivity contribution in [1.29, 1.82) is 0 Å². The van der Waals surface area contributed by atoms with Gasteiger partial charge in [0.2, 0.25) is 0 Å². The van der Waals surface area contributed by atoms with E-state index in [0.29, 0.717) is 11.5 Å². The van der Waals surface area contributed by atoms with E-state index in [1.54, 1.807) is 12.1 Å². The molecule has 2 N–H and O–H groups in total. The number of aryl methyl sites for hydroxylation is 1. The summed E-state index contributed by atoms with van der Waals surface area (Å²) in [7, 11) is -3.36. The maximum absolute atomic E-state index is 11.6. The first-order chi connectivity index (χ1) is 8.89. The molecule has 100 valence electrons. The summed E-state index contributed by atoms with van der Waals surface area (Å²) in [5, 5.41) is 0. The fraction of sp³-hybridized carbons (Fsp3) is 0.143. The van der Waals surface area contributed by atoms with Crippen LogP contribution in [0.1, 0.15) is 5.56 Å². The van der Waals surface area contributed by atoms with E-state index in [4.69, 9.17) is 10.5 Å². The van der Waals surface area contributed by atoms with E-state index in [1.807, 2.05) is 31.2 Å². The number of nitrogen functional groups attached to an aromatic ring is 1. The third-order valence-electron chi connectivity index (χ3n) is 2.74. The molecule has 0 unspecified atom stereocenters. The van der Waals surface area contributed by atoms with Crippen LogP contribution in [0.4, 0.5) is 5.69 Å². The van der Waals surface area contributed by atoms with Gasteiger partial charge in [-0.25, -0.2) is 8.42 Å². The molecular weight excluding hydrogens is 262 g/mol. The van der Waals surface area contributed by atoms with Crippen LogP contribution in [0.2, 0.25) is 0 Å². The highest BCUT2D eigenvalue weighted by atomic mass is 32.2. The maximum Gasteiger partial charge on any atom is 0.177 e. The van der Waals surface area contributed by atoms with Crippen LogP contribution in [0.15, 0.2) is 47.4 Å². The van der Waals surface area contributed by atoms with Gasteiger partial charge in [0.1, 0.15) is 5.75 Å². The fourth-order valence-corrected chi connectivity index (χ4v) is 2.55. The number of nitrogens with two attached hydrogens (primary N) is 1. The van der Waals surface area contributed by atoms with Crippen molar-refractivity contribution in [2.45, 2.75) is 11.8 Å². The van der Waals surface area contributed by atoms with Crippen molar-refractivity contribution in [3.05, 3.63) is 48.0 Å². The molecule has 19 heavy (non-hydrogen) atoms. The molecule has 0 saturated heterocycles. The normalized spacial score (nSPS) is 11.3. The first kappa shape index (κ1) is 13.4. The van der Waals surface area contributed by atoms with E-state index < -0.39 is 9.84 Å². The van der Waals surface area contributed by atoms with E-state index >= 15 is 0 Å². The second-order valence-corrected chi connectivity index (χ2v) is 6.29. The van der Waals surface area contributed by atoms with Crippen LogP contribution < -0.4 is 10.5 Å². The highest BCUT2D eigenvalue weighted by Gasteiger charge is 2.15. The van der Waals surface area contributed by atoms with Gasteiger partial charge in [-0.3, -0.25) is 0 Å². The van der Waals surface area contributed by atoms with E-state index in [1.165, 1.54) is 6.07 Å². The summed E-state index contributed by atoms with van der Waals surface area (Å²) in [6, 6.07) is 12.2. The fourth-order valence-electron chi connectivity index (χ4n) is 1.73. The summed E-state index contributed by atoms with van der Waals surface area (Å²) in [5.74, 6) is 0.997. The van der Waals surface area contributed by atoms with Crippen LogP contribution in [-0.4, -0.2) is 14.7 Å². The van der Waals surface area contributed by atoms with Crippen LogP contribution >= 0.6 is 0 Å². The molecule has 0 amide bonds. The van der Waals surface area contributed by atoms with Crippen molar-refractivity contribution in [3.63, 3.8) is 0 Å². The van der Waals surface area contributed by atoms with E-state index in [-0.39, 0.29) is 10.6 Å². The molecule has 2 aromatic rings. The Kier molecular flexibility index (Phi) is 3.48. The Labute approximate surface area is 112 Å². The lowest BCUT2D eigenvalue weighted by atomic mass is 10.2. The minimum atomic E-state index is -3.36. The van der Waals surface area contributed by atoms with Crippen LogP contribution in [0.3, 0.4) is 0 Å². The number of hydrogen-bond donors (Lipinski definition) is 1. The van der Waals surface area contributed by atoms with Crippen LogP contribution in [0, 0.1) is 6.92 Å². The van der Waals surface area contributed by atoms with Gasteiger partial charge in [0, 0.05) is 6.26 Å². The Bertz CT molecular complexity index is 708. The summed E-state index contributed by atoms with van der Waals surface area (Å²) in [4.78, 5) is 0.0820. The Hall–Kier alpha value is -2.01. The van der Waals surface area contributed by atoms with Crippen LogP contribution in [-0.2, 0) is 9.84 Å². The molecule has 2 rings (SSSR count). The molecule has 0 radical (unpaired) electrons. The number of anilines is 1. The first-order valence-corrected chi connectivity index (χ1v) is 7.61. The lowest BCUT2D eigenvalue weighted by Gasteiger charge is -2.12. The van der Waals surface area contributed by atoms with Crippen molar-refractivity contribution >= 4 is 15.5 Å². The summed E-state index contributed by atoms with van der Waals surface area (Å²) in [5.41, 5.74) is 6.95. The Balaban J connectivity index is 2.46. The molecule has 0 heterocycles. The van der Waals surface area contributed by atoms with E-state index in [2.05, 4.69) is 0 Å². The maximum atomic E-state index is 11.6. The van der Waals surface area contributed by atoms with Gasteiger partial charge >= 0.3 is 0 Å². The van der Waals surface area contributed by atoms with Gasteiger partial charge in [-0.2, -0.15) is 0 Å². The van der Waals surface area contributed by atoms with Gasteiger partial charge in [-0.15, -0.1) is 0 Å². The molecule has 0 spiro atoms. The number of sulfone groups is 1. The first-order valence-electron chi connectivity index (χ1n) is 5.71. The quantitative estimate of drug-likeness (QED) is 0.876. The number of ether oxygens (including phenoxy) is 1. The number of rotatable bonds is 3. The molecule has 0 atom stereocenters. The third-order valence-corrected chi connectivity index (χ3v) is 3.89. The minimum Gasteiger partial charge on any atom is -0.455 e. The van der Waals surface area contributed by atoms with Crippen molar-refractivity contribution < 1.29 is 13.2 Å². The summed E-state index contributed by atoms with van der Waals surface area (Å²) in [6.07, 6.45) is 1.12. The summed E-state index contributed by atoms with van der Waals surface area (Å²) >= 11 is 0. The average molecular weight is 277 g/mol. The molecule has 0 saturated carbocycles. The second-order valence-electron chi connectivity index (χ2n) is 4.31. The molecule has 0 aliphatic heterocycles. The predicted octanol–water partition coefficient (Wildman–Crippen LogP) is 2.77. The third kappa shape index (κ3) is 2.88. The molecule has 0 aromatic heterocycles.